The minimum atomic E-state index is -0.0735. The van der Waals surface area contributed by atoms with Gasteiger partial charge in [0.15, 0.2) is 0 Å². The van der Waals surface area contributed by atoms with Gasteiger partial charge in [0, 0.05) is 31.1 Å². The summed E-state index contributed by atoms with van der Waals surface area (Å²) in [5.74, 6) is -0.0735. The molecule has 2 aromatic rings. The number of carbonyl (C=O) groups is 1. The van der Waals surface area contributed by atoms with E-state index in [9.17, 15) is 4.79 Å². The molecule has 1 amide bonds. The fraction of sp³-hybridized carbons (Fsp3) is 0.400. The molecule has 1 N–H and O–H groups in total. The van der Waals surface area contributed by atoms with Gasteiger partial charge in [-0.1, -0.05) is 0 Å². The van der Waals surface area contributed by atoms with Crippen molar-refractivity contribution in [2.45, 2.75) is 25.9 Å². The second-order valence-corrected chi connectivity index (χ2v) is 6.02. The fourth-order valence-electron chi connectivity index (χ4n) is 2.31. The Morgan fingerprint density at radius 1 is 1.57 bits per heavy atom. The molecule has 1 aliphatic heterocycles. The highest BCUT2D eigenvalue weighted by Gasteiger charge is 2.19. The van der Waals surface area contributed by atoms with Gasteiger partial charge in [-0.2, -0.15) is 0 Å². The van der Waals surface area contributed by atoms with Crippen LogP contribution in [0.25, 0.3) is 10.6 Å². The van der Waals surface area contributed by atoms with Gasteiger partial charge in [0.2, 0.25) is 0 Å². The molecule has 3 rings (SSSR count). The molecule has 0 radical (unpaired) electrons. The van der Waals surface area contributed by atoms with E-state index < -0.39 is 0 Å². The molecule has 5 nitrogen and oxygen atoms in total. The van der Waals surface area contributed by atoms with Gasteiger partial charge in [0.05, 0.1) is 11.8 Å². The van der Waals surface area contributed by atoms with Gasteiger partial charge in [0.25, 0.3) is 5.91 Å². The summed E-state index contributed by atoms with van der Waals surface area (Å²) in [6, 6.07) is 3.81. The Labute approximate surface area is 127 Å². The van der Waals surface area contributed by atoms with Crippen LogP contribution < -0.4 is 5.32 Å². The third kappa shape index (κ3) is 3.28. The Kier molecular flexibility index (Phi) is 4.26. The Bertz CT molecular complexity index is 621. The molecule has 2 aromatic heterocycles. The van der Waals surface area contributed by atoms with Crippen molar-refractivity contribution in [1.82, 2.24) is 15.3 Å². The van der Waals surface area contributed by atoms with Crippen molar-refractivity contribution in [1.29, 1.82) is 0 Å². The zero-order valence-corrected chi connectivity index (χ0v) is 12.7. The predicted octanol–water partition coefficient (Wildman–Crippen LogP) is 2.42. The van der Waals surface area contributed by atoms with E-state index in [2.05, 4.69) is 15.3 Å². The van der Waals surface area contributed by atoms with Crippen molar-refractivity contribution < 1.29 is 9.53 Å². The molecule has 1 atom stereocenters. The number of aryl methyl sites for hydroxylation is 1. The van der Waals surface area contributed by atoms with Crippen LogP contribution in [0.2, 0.25) is 0 Å². The van der Waals surface area contributed by atoms with E-state index in [1.54, 1.807) is 12.4 Å². The molecule has 3 heterocycles. The first-order chi connectivity index (χ1) is 10.2. The lowest BCUT2D eigenvalue weighted by Crippen LogP contribution is -2.31. The summed E-state index contributed by atoms with van der Waals surface area (Å²) in [6.07, 6.45) is 5.72. The number of thiazole rings is 1. The Morgan fingerprint density at radius 2 is 2.48 bits per heavy atom. The molecule has 0 unspecified atom stereocenters. The van der Waals surface area contributed by atoms with Crippen molar-refractivity contribution in [2.75, 3.05) is 13.2 Å². The lowest BCUT2D eigenvalue weighted by molar-refractivity contribution is 0.0860. The molecular weight excluding hydrogens is 286 g/mol. The molecular formula is C15H17N3O2S. The van der Waals surface area contributed by atoms with Crippen LogP contribution in [0.3, 0.4) is 0 Å². The van der Waals surface area contributed by atoms with E-state index in [0.29, 0.717) is 11.4 Å². The predicted molar refractivity (Wildman–Crippen MR) is 81.4 cm³/mol. The van der Waals surface area contributed by atoms with Gasteiger partial charge in [0.1, 0.15) is 9.88 Å². The highest BCUT2D eigenvalue weighted by atomic mass is 32.1. The minimum absolute atomic E-state index is 0.0735. The Hall–Kier alpha value is -1.79. The number of carbonyl (C=O) groups excluding carboxylic acids is 1. The van der Waals surface area contributed by atoms with Crippen LogP contribution in [0.5, 0.6) is 0 Å². The first-order valence-electron chi connectivity index (χ1n) is 7.01. The van der Waals surface area contributed by atoms with Crippen LogP contribution in [-0.4, -0.2) is 35.1 Å². The summed E-state index contributed by atoms with van der Waals surface area (Å²) in [7, 11) is 0. The van der Waals surface area contributed by atoms with Gasteiger partial charge in [-0.05, 0) is 31.9 Å². The maximum absolute atomic E-state index is 12.3. The topological polar surface area (TPSA) is 64.1 Å². The van der Waals surface area contributed by atoms with Gasteiger partial charge >= 0.3 is 0 Å². The quantitative estimate of drug-likeness (QED) is 0.942. The smallest absolute Gasteiger partial charge is 0.263 e. The molecule has 0 spiro atoms. The first kappa shape index (κ1) is 14.2. The van der Waals surface area contributed by atoms with Crippen LogP contribution in [0.1, 0.15) is 28.2 Å². The normalized spacial score (nSPS) is 17.9. The van der Waals surface area contributed by atoms with E-state index >= 15 is 0 Å². The van der Waals surface area contributed by atoms with Crippen LogP contribution in [0.15, 0.2) is 24.5 Å². The van der Waals surface area contributed by atoms with Crippen molar-refractivity contribution >= 4 is 17.2 Å². The van der Waals surface area contributed by atoms with Crippen molar-refractivity contribution in [3.05, 3.63) is 35.1 Å². The number of nitrogens with zero attached hydrogens (tertiary/aromatic N) is 2. The molecule has 0 bridgehead atoms. The zero-order valence-electron chi connectivity index (χ0n) is 11.8. The van der Waals surface area contributed by atoms with Crippen LogP contribution in [-0.2, 0) is 4.74 Å². The van der Waals surface area contributed by atoms with Crippen LogP contribution in [0.4, 0.5) is 0 Å². The lowest BCUT2D eigenvalue weighted by Gasteiger charge is -2.09. The number of hydrogen-bond acceptors (Lipinski definition) is 5. The fourth-order valence-corrected chi connectivity index (χ4v) is 3.28. The highest BCUT2D eigenvalue weighted by molar-refractivity contribution is 7.17. The number of amides is 1. The summed E-state index contributed by atoms with van der Waals surface area (Å²) in [5.41, 5.74) is 1.69. The lowest BCUT2D eigenvalue weighted by atomic mass is 10.2. The highest BCUT2D eigenvalue weighted by Crippen LogP contribution is 2.27. The third-order valence-electron chi connectivity index (χ3n) is 3.43. The van der Waals surface area contributed by atoms with E-state index in [1.807, 2.05) is 19.1 Å². The Balaban J connectivity index is 1.70. The number of rotatable bonds is 4. The monoisotopic (exact) mass is 303 g/mol. The van der Waals surface area contributed by atoms with Crippen molar-refractivity contribution in [3.63, 3.8) is 0 Å². The molecule has 0 aliphatic carbocycles. The van der Waals surface area contributed by atoms with Crippen LogP contribution in [0, 0.1) is 6.92 Å². The summed E-state index contributed by atoms with van der Waals surface area (Å²) >= 11 is 1.40. The number of aromatic nitrogens is 2. The molecule has 21 heavy (non-hydrogen) atoms. The SMILES string of the molecule is Cc1nc(-c2cccnc2)sc1C(=O)NC[C@@H]1CCCO1. The van der Waals surface area contributed by atoms with E-state index in [4.69, 9.17) is 4.74 Å². The molecule has 0 saturated carbocycles. The average Bonchev–Trinajstić information content (AvgIpc) is 3.15. The van der Waals surface area contributed by atoms with E-state index in [0.717, 1.165) is 35.7 Å². The summed E-state index contributed by atoms with van der Waals surface area (Å²) in [6.45, 7) is 3.22. The van der Waals surface area contributed by atoms with Crippen molar-refractivity contribution in [2.24, 2.45) is 0 Å². The maximum atomic E-state index is 12.3. The Morgan fingerprint density at radius 3 is 3.19 bits per heavy atom. The second kappa shape index (κ2) is 6.32. The number of pyridine rings is 1. The van der Waals surface area contributed by atoms with Gasteiger partial charge in [-0.3, -0.25) is 9.78 Å². The van der Waals surface area contributed by atoms with E-state index in [-0.39, 0.29) is 12.0 Å². The molecule has 110 valence electrons. The van der Waals surface area contributed by atoms with Crippen LogP contribution >= 0.6 is 11.3 Å². The molecule has 6 heteroatoms. The van der Waals surface area contributed by atoms with Gasteiger partial charge < -0.3 is 10.1 Å². The standard InChI is InChI=1S/C15H17N3O2S/c1-10-13(14(19)17-9-12-5-3-7-20-12)21-15(18-10)11-4-2-6-16-8-11/h2,4,6,8,12H,3,5,7,9H2,1H3,(H,17,19)/t12-/m0/s1. The number of ether oxygens (including phenoxy) is 1. The molecule has 0 aromatic carbocycles. The zero-order chi connectivity index (χ0) is 14.7. The van der Waals surface area contributed by atoms with Gasteiger partial charge in [-0.15, -0.1) is 11.3 Å². The molecule has 1 saturated heterocycles. The number of hydrogen-bond donors (Lipinski definition) is 1. The first-order valence-corrected chi connectivity index (χ1v) is 7.83. The minimum Gasteiger partial charge on any atom is -0.376 e. The largest absolute Gasteiger partial charge is 0.376 e. The summed E-state index contributed by atoms with van der Waals surface area (Å²) < 4.78 is 5.51. The summed E-state index contributed by atoms with van der Waals surface area (Å²) in [5, 5.41) is 3.76. The maximum Gasteiger partial charge on any atom is 0.263 e. The number of nitrogens with one attached hydrogen (secondary N) is 1. The third-order valence-corrected chi connectivity index (χ3v) is 4.63. The van der Waals surface area contributed by atoms with Crippen molar-refractivity contribution in [3.8, 4) is 10.6 Å². The average molecular weight is 303 g/mol. The van der Waals surface area contributed by atoms with Gasteiger partial charge in [-0.25, -0.2) is 4.98 Å². The van der Waals surface area contributed by atoms with E-state index in [1.165, 1.54) is 11.3 Å². The summed E-state index contributed by atoms with van der Waals surface area (Å²) in [4.78, 5) is 21.5. The second-order valence-electron chi connectivity index (χ2n) is 5.02. The molecule has 1 fully saturated rings. The molecule has 1 aliphatic rings.